The Bertz CT molecular complexity index is 1670. The molecule has 6 rings (SSSR count). The Morgan fingerprint density at radius 3 is 2.62 bits per heavy atom. The number of nitrogens with one attached hydrogen (secondary N) is 1. The fraction of sp³-hybridized carbons (Fsp3) is 0.286. The van der Waals surface area contributed by atoms with Gasteiger partial charge in [-0.15, -0.1) is 0 Å². The summed E-state index contributed by atoms with van der Waals surface area (Å²) in [7, 11) is 1.38. The minimum atomic E-state index is -0.771. The van der Waals surface area contributed by atoms with Crippen LogP contribution in [0, 0.1) is 11.6 Å². The number of piperazine rings is 1. The van der Waals surface area contributed by atoms with Crippen LogP contribution in [0.2, 0.25) is 5.02 Å². The number of benzene rings is 2. The fourth-order valence-electron chi connectivity index (χ4n) is 5.02. The van der Waals surface area contributed by atoms with Crippen LogP contribution in [0.1, 0.15) is 6.42 Å². The van der Waals surface area contributed by atoms with Crippen LogP contribution < -0.4 is 15.0 Å². The van der Waals surface area contributed by atoms with Gasteiger partial charge < -0.3 is 19.9 Å². The molecule has 1 N–H and O–H groups in total. The Morgan fingerprint density at radius 1 is 1.15 bits per heavy atom. The van der Waals surface area contributed by atoms with Crippen molar-refractivity contribution in [3.05, 3.63) is 65.1 Å². The zero-order valence-electron chi connectivity index (χ0n) is 21.4. The second-order valence-corrected chi connectivity index (χ2v) is 10.0. The Hall–Kier alpha value is -3.96. The van der Waals surface area contributed by atoms with Crippen LogP contribution >= 0.6 is 11.6 Å². The molecule has 2 fully saturated rings. The quantitative estimate of drug-likeness (QED) is 0.351. The highest BCUT2D eigenvalue weighted by atomic mass is 35.5. The molecule has 2 aromatic carbocycles. The van der Waals surface area contributed by atoms with Gasteiger partial charge in [-0.3, -0.25) is 9.78 Å². The molecule has 2 saturated heterocycles. The average Bonchev–Trinajstić information content (AvgIpc) is 2.96. The van der Waals surface area contributed by atoms with Gasteiger partial charge in [0, 0.05) is 49.4 Å². The van der Waals surface area contributed by atoms with E-state index in [1.54, 1.807) is 24.3 Å². The van der Waals surface area contributed by atoms with E-state index in [9.17, 15) is 13.6 Å². The summed E-state index contributed by atoms with van der Waals surface area (Å²) in [6, 6.07) is 7.75. The van der Waals surface area contributed by atoms with E-state index < -0.39 is 23.4 Å². The number of nitrogens with zero attached hydrogens (tertiary/aromatic N) is 5. The van der Waals surface area contributed by atoms with Crippen LogP contribution in [0.15, 0.2) is 48.4 Å². The van der Waals surface area contributed by atoms with Crippen molar-refractivity contribution in [1.82, 2.24) is 25.2 Å². The number of carbonyl (C=O) groups excluding carboxylic acids is 1. The van der Waals surface area contributed by atoms with Gasteiger partial charge in [0.25, 0.3) is 5.91 Å². The molecule has 8 nitrogen and oxygen atoms in total. The maximum absolute atomic E-state index is 16.1. The van der Waals surface area contributed by atoms with Crippen LogP contribution in [0.25, 0.3) is 32.9 Å². The molecule has 1 unspecified atom stereocenters. The molecule has 0 saturated carbocycles. The normalized spacial score (nSPS) is 17.8. The SMILES string of the molecule is COc1nc(N2CCN(C(=O)/C(F)=C/C3CCN3)CC2)c2cnc(-c3cccc4ccc(F)c(Cl)c34)c(F)c2n1. The average molecular weight is 569 g/mol. The Kier molecular flexibility index (Phi) is 6.93. The van der Waals surface area contributed by atoms with E-state index in [0.29, 0.717) is 40.6 Å². The van der Waals surface area contributed by atoms with Crippen LogP contribution in [0.4, 0.5) is 19.0 Å². The predicted octanol–water partition coefficient (Wildman–Crippen LogP) is 4.65. The summed E-state index contributed by atoms with van der Waals surface area (Å²) in [5.74, 6) is -2.41. The van der Waals surface area contributed by atoms with Crippen LogP contribution in [-0.4, -0.2) is 71.6 Å². The Morgan fingerprint density at radius 2 is 1.93 bits per heavy atom. The molecule has 0 spiro atoms. The van der Waals surface area contributed by atoms with Gasteiger partial charge in [-0.25, -0.2) is 13.2 Å². The molecule has 4 aromatic rings. The van der Waals surface area contributed by atoms with Crippen molar-refractivity contribution >= 4 is 45.0 Å². The number of methoxy groups -OCH3 is 1. The van der Waals surface area contributed by atoms with Crippen LogP contribution in [-0.2, 0) is 4.79 Å². The predicted molar refractivity (Wildman–Crippen MR) is 146 cm³/mol. The van der Waals surface area contributed by atoms with Crippen molar-refractivity contribution in [3.63, 3.8) is 0 Å². The van der Waals surface area contributed by atoms with Gasteiger partial charge in [-0.2, -0.15) is 9.97 Å². The highest BCUT2D eigenvalue weighted by molar-refractivity contribution is 6.36. The summed E-state index contributed by atoms with van der Waals surface area (Å²) in [6.45, 7) is 1.97. The largest absolute Gasteiger partial charge is 0.467 e. The number of hydrogen-bond donors (Lipinski definition) is 1. The molecule has 206 valence electrons. The molecule has 2 aromatic heterocycles. The number of anilines is 1. The topological polar surface area (TPSA) is 83.5 Å². The highest BCUT2D eigenvalue weighted by Gasteiger charge is 2.28. The molecule has 1 amide bonds. The number of hydrogen-bond acceptors (Lipinski definition) is 7. The number of pyridine rings is 1. The van der Waals surface area contributed by atoms with E-state index in [1.807, 2.05) is 4.90 Å². The first-order chi connectivity index (χ1) is 19.4. The van der Waals surface area contributed by atoms with Gasteiger partial charge in [0.15, 0.2) is 11.6 Å². The van der Waals surface area contributed by atoms with Crippen molar-refractivity contribution in [2.45, 2.75) is 12.5 Å². The molecule has 0 radical (unpaired) electrons. The molecule has 1 atom stereocenters. The summed E-state index contributed by atoms with van der Waals surface area (Å²) in [5, 5.41) is 4.22. The lowest BCUT2D eigenvalue weighted by Gasteiger charge is -2.35. The number of ether oxygens (including phenoxy) is 1. The lowest BCUT2D eigenvalue weighted by atomic mass is 10.0. The van der Waals surface area contributed by atoms with Gasteiger partial charge in [-0.1, -0.05) is 35.9 Å². The first kappa shape index (κ1) is 26.3. The maximum atomic E-state index is 16.1. The summed E-state index contributed by atoms with van der Waals surface area (Å²) in [6.07, 6.45) is 3.58. The van der Waals surface area contributed by atoms with E-state index in [-0.39, 0.29) is 41.4 Å². The van der Waals surface area contributed by atoms with Crippen molar-refractivity contribution in [2.24, 2.45) is 0 Å². The number of carbonyl (C=O) groups is 1. The van der Waals surface area contributed by atoms with Gasteiger partial charge >= 0.3 is 6.01 Å². The molecule has 12 heteroatoms. The summed E-state index contributed by atoms with van der Waals surface area (Å²) < 4.78 is 50.1. The summed E-state index contributed by atoms with van der Waals surface area (Å²) in [5.41, 5.74) is 0.243. The van der Waals surface area contributed by atoms with Gasteiger partial charge in [-0.05, 0) is 30.5 Å². The van der Waals surface area contributed by atoms with Gasteiger partial charge in [0.2, 0.25) is 0 Å². The molecule has 40 heavy (non-hydrogen) atoms. The number of aromatic nitrogens is 3. The minimum absolute atomic E-state index is 0.0307. The van der Waals surface area contributed by atoms with Crippen LogP contribution in [0.5, 0.6) is 6.01 Å². The van der Waals surface area contributed by atoms with Gasteiger partial charge in [0.1, 0.15) is 22.8 Å². The second-order valence-electron chi connectivity index (χ2n) is 9.63. The molecule has 0 aliphatic carbocycles. The number of fused-ring (bicyclic) bond motifs is 2. The zero-order chi connectivity index (χ0) is 28.0. The first-order valence-electron chi connectivity index (χ1n) is 12.8. The third kappa shape index (κ3) is 4.58. The maximum Gasteiger partial charge on any atom is 0.318 e. The lowest BCUT2D eigenvalue weighted by molar-refractivity contribution is -0.129. The Balaban J connectivity index is 1.34. The molecular weight excluding hydrogens is 545 g/mol. The third-order valence-corrected chi connectivity index (χ3v) is 7.67. The molecular formula is C28H24ClF3N6O2. The molecule has 2 aliphatic heterocycles. The number of halogens is 4. The van der Waals surface area contributed by atoms with E-state index in [4.69, 9.17) is 16.3 Å². The highest BCUT2D eigenvalue weighted by Crippen LogP contribution is 2.38. The number of rotatable bonds is 5. The van der Waals surface area contributed by atoms with E-state index in [0.717, 1.165) is 13.0 Å². The van der Waals surface area contributed by atoms with E-state index in [1.165, 1.54) is 30.3 Å². The second kappa shape index (κ2) is 10.5. The fourth-order valence-corrected chi connectivity index (χ4v) is 5.30. The summed E-state index contributed by atoms with van der Waals surface area (Å²) >= 11 is 6.28. The molecule has 2 aliphatic rings. The smallest absolute Gasteiger partial charge is 0.318 e. The molecule has 0 bridgehead atoms. The van der Waals surface area contributed by atoms with Crippen molar-refractivity contribution in [3.8, 4) is 17.3 Å². The lowest BCUT2D eigenvalue weighted by Crippen LogP contribution is -2.49. The Labute approximate surface area is 232 Å². The van der Waals surface area contributed by atoms with Gasteiger partial charge in [0.05, 0.1) is 17.5 Å². The zero-order valence-corrected chi connectivity index (χ0v) is 22.2. The first-order valence-corrected chi connectivity index (χ1v) is 13.2. The van der Waals surface area contributed by atoms with Crippen molar-refractivity contribution in [2.75, 3.05) is 44.7 Å². The third-order valence-electron chi connectivity index (χ3n) is 7.30. The van der Waals surface area contributed by atoms with E-state index in [2.05, 4.69) is 20.3 Å². The van der Waals surface area contributed by atoms with Crippen molar-refractivity contribution in [1.29, 1.82) is 0 Å². The minimum Gasteiger partial charge on any atom is -0.467 e. The van der Waals surface area contributed by atoms with Crippen LogP contribution in [0.3, 0.4) is 0 Å². The monoisotopic (exact) mass is 568 g/mol. The van der Waals surface area contributed by atoms with E-state index >= 15 is 4.39 Å². The molecule has 4 heterocycles. The summed E-state index contributed by atoms with van der Waals surface area (Å²) in [4.78, 5) is 29.0. The standard InChI is InChI=1S/C28H24ClF3N6O2/c1-40-28-35-25-18(14-34-24(23(25)32)17-4-2-3-15-5-6-19(30)22(29)21(15)17)26(36-28)37-9-11-38(12-10-37)27(39)20(31)13-16-7-8-33-16/h2-6,13-14,16,33H,7-12H2,1H3/b20-13-. The van der Waals surface area contributed by atoms with Crippen molar-refractivity contribution < 1.29 is 22.7 Å². The number of amides is 1.